The molecule has 0 bridgehead atoms. The summed E-state index contributed by atoms with van der Waals surface area (Å²) in [6.45, 7) is 1.21. The van der Waals surface area contributed by atoms with Crippen molar-refractivity contribution in [3.05, 3.63) is 60.2 Å². The fourth-order valence-corrected chi connectivity index (χ4v) is 4.65. The van der Waals surface area contributed by atoms with Crippen LogP contribution in [0.2, 0.25) is 0 Å². The van der Waals surface area contributed by atoms with Gasteiger partial charge in [-0.15, -0.1) is 0 Å². The van der Waals surface area contributed by atoms with Gasteiger partial charge in [0.25, 0.3) is 0 Å². The number of aldehydes is 1. The molecule has 0 saturated carbocycles. The van der Waals surface area contributed by atoms with Gasteiger partial charge in [0, 0.05) is 6.54 Å². The number of nitrogens with one attached hydrogen (secondary N) is 3. The highest BCUT2D eigenvalue weighted by Gasteiger charge is 2.27. The highest BCUT2D eigenvalue weighted by Crippen LogP contribution is 2.19. The van der Waals surface area contributed by atoms with Crippen LogP contribution in [0.3, 0.4) is 0 Å². The Labute approximate surface area is 259 Å². The van der Waals surface area contributed by atoms with E-state index in [1.165, 1.54) is 0 Å². The van der Waals surface area contributed by atoms with Crippen molar-refractivity contribution in [1.29, 1.82) is 0 Å². The molecular weight excluding hydrogens is 560 g/mol. The molecule has 2 rings (SSSR count). The van der Waals surface area contributed by atoms with Crippen LogP contribution >= 0.6 is 0 Å². The van der Waals surface area contributed by atoms with E-state index in [9.17, 15) is 19.2 Å². The summed E-state index contributed by atoms with van der Waals surface area (Å²) in [6, 6.07) is 15.1. The Hall–Kier alpha value is -4.29. The van der Waals surface area contributed by atoms with Crippen molar-refractivity contribution in [3.63, 3.8) is 0 Å². The van der Waals surface area contributed by atoms with E-state index < -0.39 is 29.9 Å². The number of hydrogen-bond acceptors (Lipinski definition) is 7. The van der Waals surface area contributed by atoms with Crippen LogP contribution in [0.5, 0.6) is 0 Å². The van der Waals surface area contributed by atoms with Gasteiger partial charge in [-0.2, -0.15) is 0 Å². The zero-order valence-electron chi connectivity index (χ0n) is 25.4. The number of nitrogens with zero attached hydrogens (tertiary/aromatic N) is 1. The van der Waals surface area contributed by atoms with Crippen LogP contribution in [0.25, 0.3) is 11.1 Å². The molecule has 0 aliphatic carbocycles. The minimum absolute atomic E-state index is 0.0477. The van der Waals surface area contributed by atoms with Gasteiger partial charge in [-0.3, -0.25) is 19.4 Å². The van der Waals surface area contributed by atoms with Gasteiger partial charge in [0.2, 0.25) is 17.7 Å². The van der Waals surface area contributed by atoms with Gasteiger partial charge in [0.1, 0.15) is 18.4 Å². The van der Waals surface area contributed by atoms with Gasteiger partial charge >= 0.3 is 0 Å². The lowest BCUT2D eigenvalue weighted by molar-refractivity contribution is -0.132. The van der Waals surface area contributed by atoms with Gasteiger partial charge in [-0.1, -0.05) is 54.6 Å². The number of benzene rings is 2. The number of guanidine groups is 1. The molecule has 44 heavy (non-hydrogen) atoms. The highest BCUT2D eigenvalue weighted by atomic mass is 16.2. The first-order valence-electron chi connectivity index (χ1n) is 15.2. The maximum Gasteiger partial charge on any atom is 0.243 e. The normalized spacial score (nSPS) is 12.8. The molecule has 0 aliphatic heterocycles. The molecule has 2 aromatic rings. The Kier molecular flexibility index (Phi) is 16.8. The molecule has 2 aromatic carbocycles. The molecule has 0 aliphatic rings. The number of unbranched alkanes of at least 4 members (excludes halogenated alkanes) is 2. The fourth-order valence-electron chi connectivity index (χ4n) is 4.65. The van der Waals surface area contributed by atoms with E-state index in [1.807, 2.05) is 54.6 Å². The molecule has 0 radical (unpaired) electrons. The maximum atomic E-state index is 13.4. The molecule has 0 fully saturated rings. The second-order valence-corrected chi connectivity index (χ2v) is 10.7. The summed E-state index contributed by atoms with van der Waals surface area (Å²) in [4.78, 5) is 55.1. The molecule has 3 amide bonds. The molecule has 12 heteroatoms. The molecule has 11 N–H and O–H groups in total. The smallest absolute Gasteiger partial charge is 0.243 e. The van der Waals surface area contributed by atoms with E-state index in [2.05, 4.69) is 20.9 Å². The molecule has 12 nitrogen and oxygen atoms in total. The summed E-state index contributed by atoms with van der Waals surface area (Å²) in [5.41, 5.74) is 24.9. The number of carbonyl (C=O) groups is 4. The standard InChI is InChI=1S/C32H48N8O4/c33-18-6-4-12-27(39-29(42)21-23-14-16-25(17-15-23)24-9-2-1-3-10-24)31(44)40-28(13-5-7-19-34)30(43)38-26(22-41)11-8-20-37-32(35)36/h1-3,9-10,14-17,22,26-28H,4-8,11-13,18-21,33-34H2,(H,38,43)(H,39,42)(H,40,44)(H4,35,36,37)/t26-,27-,28-/m0/s1. The van der Waals surface area contributed by atoms with Crippen molar-refractivity contribution < 1.29 is 19.2 Å². The van der Waals surface area contributed by atoms with Crippen LogP contribution in [0, 0.1) is 0 Å². The number of hydrogen-bond donors (Lipinski definition) is 7. The molecule has 0 unspecified atom stereocenters. The van der Waals surface area contributed by atoms with Crippen LogP contribution in [0.1, 0.15) is 56.9 Å². The van der Waals surface area contributed by atoms with Gasteiger partial charge in [-0.05, 0) is 81.1 Å². The summed E-state index contributed by atoms with van der Waals surface area (Å²) in [5.74, 6) is -1.32. The van der Waals surface area contributed by atoms with Crippen molar-refractivity contribution in [3.8, 4) is 11.1 Å². The minimum Gasteiger partial charge on any atom is -0.370 e. The predicted octanol–water partition coefficient (Wildman–Crippen LogP) is 0.861. The summed E-state index contributed by atoms with van der Waals surface area (Å²) in [6.07, 6.45) is 4.80. The van der Waals surface area contributed by atoms with E-state index in [1.54, 1.807) is 0 Å². The topological polar surface area (TPSA) is 221 Å². The van der Waals surface area contributed by atoms with Crippen LogP contribution in [0.15, 0.2) is 59.6 Å². The monoisotopic (exact) mass is 608 g/mol. The third-order valence-corrected chi connectivity index (χ3v) is 7.06. The first-order chi connectivity index (χ1) is 21.3. The van der Waals surface area contributed by atoms with Crippen molar-refractivity contribution in [2.75, 3.05) is 19.6 Å². The molecule has 0 aromatic heterocycles. The Morgan fingerprint density at radius 1 is 0.705 bits per heavy atom. The second-order valence-electron chi connectivity index (χ2n) is 10.7. The molecule has 0 spiro atoms. The van der Waals surface area contributed by atoms with Crippen molar-refractivity contribution in [1.82, 2.24) is 16.0 Å². The van der Waals surface area contributed by atoms with E-state index in [0.29, 0.717) is 77.3 Å². The van der Waals surface area contributed by atoms with Crippen LogP contribution < -0.4 is 38.9 Å². The van der Waals surface area contributed by atoms with Crippen molar-refractivity contribution in [2.45, 2.75) is 75.9 Å². The second kappa shape index (κ2) is 20.6. The van der Waals surface area contributed by atoms with E-state index in [4.69, 9.17) is 22.9 Å². The Balaban J connectivity index is 2.06. The van der Waals surface area contributed by atoms with Crippen LogP contribution in [-0.4, -0.2) is 67.7 Å². The molecule has 0 saturated heterocycles. The zero-order valence-corrected chi connectivity index (χ0v) is 25.4. The van der Waals surface area contributed by atoms with E-state index in [-0.39, 0.29) is 18.3 Å². The minimum atomic E-state index is -0.909. The number of carbonyl (C=O) groups excluding carboxylic acids is 4. The third-order valence-electron chi connectivity index (χ3n) is 7.06. The Morgan fingerprint density at radius 3 is 1.84 bits per heavy atom. The van der Waals surface area contributed by atoms with E-state index in [0.717, 1.165) is 16.7 Å². The first-order valence-corrected chi connectivity index (χ1v) is 15.2. The Morgan fingerprint density at radius 2 is 1.27 bits per heavy atom. The van der Waals surface area contributed by atoms with E-state index >= 15 is 0 Å². The lowest BCUT2D eigenvalue weighted by Gasteiger charge is -2.24. The molecule has 3 atom stereocenters. The highest BCUT2D eigenvalue weighted by molar-refractivity contribution is 5.93. The average molecular weight is 609 g/mol. The number of aliphatic imine (C=N–C) groups is 1. The largest absolute Gasteiger partial charge is 0.370 e. The quantitative estimate of drug-likeness (QED) is 0.0465. The summed E-state index contributed by atoms with van der Waals surface area (Å²) < 4.78 is 0. The van der Waals surface area contributed by atoms with Gasteiger partial charge in [0.05, 0.1) is 12.5 Å². The SMILES string of the molecule is NCCCC[C@H](NC(=O)Cc1ccc(-c2ccccc2)cc1)C(=O)N[C@@H](CCCCN)C(=O)N[C@H](C=O)CCCN=C(N)N. The lowest BCUT2D eigenvalue weighted by atomic mass is 10.0. The lowest BCUT2D eigenvalue weighted by Crippen LogP contribution is -2.55. The molecular formula is C32H48N8O4. The fraction of sp³-hybridized carbons (Fsp3) is 0.469. The number of amides is 3. The Bertz CT molecular complexity index is 1190. The zero-order chi connectivity index (χ0) is 32.2. The molecule has 240 valence electrons. The third kappa shape index (κ3) is 13.8. The van der Waals surface area contributed by atoms with Gasteiger partial charge in [-0.25, -0.2) is 0 Å². The number of rotatable bonds is 21. The molecule has 0 heterocycles. The number of nitrogens with two attached hydrogens (primary N) is 4. The predicted molar refractivity (Wildman–Crippen MR) is 173 cm³/mol. The first kappa shape index (κ1) is 35.9. The van der Waals surface area contributed by atoms with Crippen LogP contribution in [0.4, 0.5) is 0 Å². The van der Waals surface area contributed by atoms with Gasteiger partial charge in [0.15, 0.2) is 5.96 Å². The maximum absolute atomic E-state index is 13.4. The summed E-state index contributed by atoms with van der Waals surface area (Å²) >= 11 is 0. The van der Waals surface area contributed by atoms with Crippen LogP contribution in [-0.2, 0) is 25.6 Å². The average Bonchev–Trinajstić information content (AvgIpc) is 3.02. The van der Waals surface area contributed by atoms with Gasteiger partial charge < -0.3 is 43.7 Å². The summed E-state index contributed by atoms with van der Waals surface area (Å²) in [5, 5.41) is 8.35. The summed E-state index contributed by atoms with van der Waals surface area (Å²) in [7, 11) is 0. The van der Waals surface area contributed by atoms with Crippen molar-refractivity contribution in [2.24, 2.45) is 27.9 Å². The van der Waals surface area contributed by atoms with Crippen molar-refractivity contribution >= 4 is 30.0 Å².